The van der Waals surface area contributed by atoms with Crippen LogP contribution in [0, 0.1) is 5.92 Å². The van der Waals surface area contributed by atoms with Crippen LogP contribution in [0.4, 0.5) is 10.7 Å². The highest BCUT2D eigenvalue weighted by Gasteiger charge is 2.48. The van der Waals surface area contributed by atoms with Crippen molar-refractivity contribution in [3.05, 3.63) is 16.7 Å². The van der Waals surface area contributed by atoms with Gasteiger partial charge in [-0.15, -0.1) is 0 Å². The Balaban J connectivity index is 1.65. The standard InChI is InChI=1S/C26H41N7O9/c1-13(2)11-28-24-31-19-15(20(36)32-24)29-12-33(19)22-17(35)16(34)18(41-22)21(37)30-14(23(38)40-6)9-7-8-10-27-25(39)42-26(3,4)5/h12-14,16-18,22,34-35H,7-11H2,1-6H3,(H,27,39)(H,30,37)(H2,28,31,32,36)/t14-,16-,17+,18-,22+/m0/s1. The molecular weight excluding hydrogens is 554 g/mol. The van der Waals surface area contributed by atoms with E-state index >= 15 is 0 Å². The normalized spacial score (nSPS) is 21.3. The number of hydrogen-bond donors (Lipinski definition) is 6. The number of anilines is 1. The number of carbonyl (C=O) groups excluding carboxylic acids is 3. The minimum Gasteiger partial charge on any atom is -0.467 e. The van der Waals surface area contributed by atoms with Crippen molar-refractivity contribution in [3.8, 4) is 0 Å². The molecule has 1 saturated heterocycles. The third kappa shape index (κ3) is 8.39. The van der Waals surface area contributed by atoms with Gasteiger partial charge in [0.15, 0.2) is 23.5 Å². The molecule has 42 heavy (non-hydrogen) atoms. The molecule has 1 aliphatic heterocycles. The second-order valence-electron chi connectivity index (χ2n) is 11.5. The van der Waals surface area contributed by atoms with Crippen molar-refractivity contribution in [2.24, 2.45) is 5.92 Å². The van der Waals surface area contributed by atoms with Gasteiger partial charge in [0.25, 0.3) is 11.5 Å². The molecule has 1 aliphatic rings. The Morgan fingerprint density at radius 3 is 2.55 bits per heavy atom. The van der Waals surface area contributed by atoms with Crippen molar-refractivity contribution in [1.82, 2.24) is 30.2 Å². The van der Waals surface area contributed by atoms with E-state index in [1.807, 2.05) is 13.8 Å². The van der Waals surface area contributed by atoms with Crippen molar-refractivity contribution in [1.29, 1.82) is 0 Å². The number of fused-ring (bicyclic) bond motifs is 1. The van der Waals surface area contributed by atoms with Crippen molar-refractivity contribution >= 4 is 35.1 Å². The predicted octanol–water partition coefficient (Wildman–Crippen LogP) is 0.160. The topological polar surface area (TPSA) is 219 Å². The van der Waals surface area contributed by atoms with E-state index in [0.717, 1.165) is 0 Å². The molecule has 0 aliphatic carbocycles. The van der Waals surface area contributed by atoms with E-state index in [4.69, 9.17) is 14.2 Å². The van der Waals surface area contributed by atoms with Gasteiger partial charge < -0.3 is 40.4 Å². The molecule has 3 heterocycles. The number of aromatic amines is 1. The fourth-order valence-corrected chi connectivity index (χ4v) is 4.23. The van der Waals surface area contributed by atoms with Crippen LogP contribution in [0.25, 0.3) is 11.2 Å². The molecule has 16 heteroatoms. The highest BCUT2D eigenvalue weighted by molar-refractivity contribution is 5.87. The molecule has 0 saturated carbocycles. The number of rotatable bonds is 12. The zero-order valence-electron chi connectivity index (χ0n) is 24.7. The fraction of sp³-hybridized carbons (Fsp3) is 0.692. The number of esters is 1. The largest absolute Gasteiger partial charge is 0.467 e. The average molecular weight is 596 g/mol. The first kappa shape index (κ1) is 32.8. The second kappa shape index (κ2) is 13.9. The van der Waals surface area contributed by atoms with Gasteiger partial charge >= 0.3 is 12.1 Å². The Morgan fingerprint density at radius 1 is 1.19 bits per heavy atom. The van der Waals surface area contributed by atoms with Gasteiger partial charge in [-0.2, -0.15) is 4.98 Å². The minimum atomic E-state index is -1.66. The van der Waals surface area contributed by atoms with E-state index in [0.29, 0.717) is 25.9 Å². The molecular formula is C26H41N7O9. The zero-order chi connectivity index (χ0) is 31.2. The Bertz CT molecular complexity index is 1300. The SMILES string of the molecule is COC(=O)[C@H](CCCCNC(=O)OC(C)(C)C)NC(=O)[C@H]1O[C@@H](n2cnc3c(=O)[nH]c(NCC(C)C)nc32)[C@H](O)[C@@H]1O. The van der Waals surface area contributed by atoms with E-state index in [2.05, 4.69) is 30.9 Å². The summed E-state index contributed by atoms with van der Waals surface area (Å²) in [4.78, 5) is 60.7. The molecule has 2 aromatic rings. The number of H-pyrrole nitrogens is 1. The van der Waals surface area contributed by atoms with Crippen molar-refractivity contribution in [3.63, 3.8) is 0 Å². The molecule has 6 N–H and O–H groups in total. The third-order valence-electron chi connectivity index (χ3n) is 6.27. The molecule has 1 fully saturated rings. The molecule has 2 amide bonds. The molecule has 2 aromatic heterocycles. The van der Waals surface area contributed by atoms with E-state index in [-0.39, 0.29) is 29.5 Å². The third-order valence-corrected chi connectivity index (χ3v) is 6.27. The lowest BCUT2D eigenvalue weighted by atomic mass is 10.1. The van der Waals surface area contributed by atoms with Crippen LogP contribution in [0.5, 0.6) is 0 Å². The van der Waals surface area contributed by atoms with Gasteiger partial charge in [0.05, 0.1) is 13.4 Å². The van der Waals surface area contributed by atoms with E-state index in [9.17, 15) is 29.4 Å². The molecule has 0 unspecified atom stereocenters. The summed E-state index contributed by atoms with van der Waals surface area (Å²) in [7, 11) is 1.18. The summed E-state index contributed by atoms with van der Waals surface area (Å²) in [5.74, 6) is -1.10. The van der Waals surface area contributed by atoms with Crippen LogP contribution in [0.3, 0.4) is 0 Å². The molecule has 0 aromatic carbocycles. The Morgan fingerprint density at radius 2 is 1.90 bits per heavy atom. The van der Waals surface area contributed by atoms with Gasteiger partial charge in [-0.05, 0) is 46.0 Å². The molecule has 0 radical (unpaired) electrons. The summed E-state index contributed by atoms with van der Waals surface area (Å²) < 4.78 is 17.0. The highest BCUT2D eigenvalue weighted by atomic mass is 16.6. The molecule has 0 bridgehead atoms. The summed E-state index contributed by atoms with van der Waals surface area (Å²) in [6, 6.07) is -1.07. The van der Waals surface area contributed by atoms with Crippen molar-refractivity contribution < 1.29 is 38.8 Å². The van der Waals surface area contributed by atoms with Gasteiger partial charge in [0, 0.05) is 13.1 Å². The maximum Gasteiger partial charge on any atom is 0.407 e. The van der Waals surface area contributed by atoms with Gasteiger partial charge in [-0.1, -0.05) is 13.8 Å². The highest BCUT2D eigenvalue weighted by Crippen LogP contribution is 2.31. The van der Waals surface area contributed by atoms with E-state index in [1.165, 1.54) is 18.0 Å². The van der Waals surface area contributed by atoms with Crippen LogP contribution in [0.2, 0.25) is 0 Å². The van der Waals surface area contributed by atoms with Gasteiger partial charge in [0.1, 0.15) is 23.9 Å². The smallest absolute Gasteiger partial charge is 0.407 e. The Labute approximate surface area is 242 Å². The van der Waals surface area contributed by atoms with E-state index in [1.54, 1.807) is 20.8 Å². The van der Waals surface area contributed by atoms with Gasteiger partial charge in [-0.25, -0.2) is 14.6 Å². The molecule has 16 nitrogen and oxygen atoms in total. The van der Waals surface area contributed by atoms with Crippen LogP contribution >= 0.6 is 0 Å². The molecule has 0 spiro atoms. The number of imidazole rings is 1. The maximum atomic E-state index is 13.1. The first-order chi connectivity index (χ1) is 19.7. The average Bonchev–Trinajstić information content (AvgIpc) is 3.45. The van der Waals surface area contributed by atoms with Gasteiger partial charge in [-0.3, -0.25) is 19.1 Å². The Kier molecular flexibility index (Phi) is 10.9. The summed E-state index contributed by atoms with van der Waals surface area (Å²) in [6.07, 6.45) is -4.34. The number of nitrogens with zero attached hydrogens (tertiary/aromatic N) is 3. The van der Waals surface area contributed by atoms with Crippen LogP contribution in [-0.2, 0) is 23.8 Å². The number of amides is 2. The zero-order valence-corrected chi connectivity index (χ0v) is 24.7. The minimum absolute atomic E-state index is 0.0183. The van der Waals surface area contributed by atoms with Gasteiger partial charge in [0.2, 0.25) is 5.95 Å². The number of carbonyl (C=O) groups is 3. The van der Waals surface area contributed by atoms with Crippen LogP contribution in [0.1, 0.15) is 60.1 Å². The number of aromatic nitrogens is 4. The number of methoxy groups -OCH3 is 1. The number of ether oxygens (including phenoxy) is 3. The number of unbranched alkanes of at least 4 members (excludes halogenated alkanes) is 1. The Hall–Kier alpha value is -3.76. The molecule has 5 atom stereocenters. The molecule has 3 rings (SSSR count). The number of alkyl carbamates (subject to hydrolysis) is 1. The summed E-state index contributed by atoms with van der Waals surface area (Å²) in [5.41, 5.74) is -1.09. The first-order valence-corrected chi connectivity index (χ1v) is 13.8. The predicted molar refractivity (Wildman–Crippen MR) is 149 cm³/mol. The number of aliphatic hydroxyl groups excluding tert-OH is 2. The number of nitrogens with one attached hydrogen (secondary N) is 4. The lowest BCUT2D eigenvalue weighted by Crippen LogP contribution is -2.49. The maximum absolute atomic E-state index is 13.1. The van der Waals surface area contributed by atoms with Crippen LogP contribution in [0.15, 0.2) is 11.1 Å². The second-order valence-corrected chi connectivity index (χ2v) is 11.5. The van der Waals surface area contributed by atoms with Crippen LogP contribution in [-0.4, -0.2) is 97.9 Å². The summed E-state index contributed by atoms with van der Waals surface area (Å²) in [6.45, 7) is 10.0. The monoisotopic (exact) mass is 595 g/mol. The quantitative estimate of drug-likeness (QED) is 0.143. The van der Waals surface area contributed by atoms with Crippen LogP contribution < -0.4 is 21.5 Å². The number of hydrogen-bond acceptors (Lipinski definition) is 12. The fourth-order valence-electron chi connectivity index (χ4n) is 4.23. The van der Waals surface area contributed by atoms with Crippen molar-refractivity contribution in [2.75, 3.05) is 25.5 Å². The first-order valence-electron chi connectivity index (χ1n) is 13.8. The lowest BCUT2D eigenvalue weighted by molar-refractivity contribution is -0.148. The van der Waals surface area contributed by atoms with E-state index < -0.39 is 59.7 Å². The summed E-state index contributed by atoms with van der Waals surface area (Å²) >= 11 is 0. The lowest BCUT2D eigenvalue weighted by Gasteiger charge is -2.21. The molecule has 234 valence electrons. The van der Waals surface area contributed by atoms with Crippen molar-refractivity contribution in [2.45, 2.75) is 90.1 Å². The summed E-state index contributed by atoms with van der Waals surface area (Å²) in [5, 5.41) is 29.6. The number of aliphatic hydroxyl groups is 2.